The molecule has 0 heterocycles. The lowest BCUT2D eigenvalue weighted by molar-refractivity contribution is 0.420. The molecule has 0 rings (SSSR count). The molecule has 0 aliphatic carbocycles. The zero-order chi connectivity index (χ0) is 7.33. The third kappa shape index (κ3) is 7.41. The van der Waals surface area contributed by atoms with Gasteiger partial charge in [-0.3, -0.25) is 4.79 Å². The van der Waals surface area contributed by atoms with Gasteiger partial charge in [-0.15, -0.1) is 0 Å². The first kappa shape index (κ1) is 8.41. The molecule has 1 nitrogen and oxygen atoms in total. The van der Waals surface area contributed by atoms with E-state index in [0.717, 1.165) is 6.42 Å². The molecular formula is C8H13O. The normalized spacial score (nSPS) is 12.3. The lowest BCUT2D eigenvalue weighted by atomic mass is 9.92. The molecule has 51 valence electrons. The van der Waals surface area contributed by atoms with Crippen molar-refractivity contribution < 1.29 is 4.79 Å². The summed E-state index contributed by atoms with van der Waals surface area (Å²) in [7, 11) is 0. The molecule has 0 unspecified atom stereocenters. The van der Waals surface area contributed by atoms with Crippen LogP contribution in [0.5, 0.6) is 0 Å². The van der Waals surface area contributed by atoms with Gasteiger partial charge in [0.05, 0.1) is 0 Å². The van der Waals surface area contributed by atoms with Gasteiger partial charge in [0.1, 0.15) is 0 Å². The predicted molar refractivity (Wildman–Crippen MR) is 38.9 cm³/mol. The largest absolute Gasteiger partial charge is 0.286 e. The van der Waals surface area contributed by atoms with Crippen molar-refractivity contribution in [1.29, 1.82) is 0 Å². The van der Waals surface area contributed by atoms with E-state index in [1.807, 2.05) is 6.08 Å². The molecule has 0 amide bonds. The monoisotopic (exact) mass is 125 g/mol. The fourth-order valence-electron chi connectivity index (χ4n) is 0.461. The van der Waals surface area contributed by atoms with Crippen LogP contribution < -0.4 is 0 Å². The number of allylic oxidation sites excluding steroid dienone is 2. The van der Waals surface area contributed by atoms with Crippen LogP contribution >= 0.6 is 0 Å². The summed E-state index contributed by atoms with van der Waals surface area (Å²) in [5.74, 6) is 0. The molecule has 0 atom stereocenters. The second-order valence-corrected chi connectivity index (χ2v) is 3.29. The van der Waals surface area contributed by atoms with Crippen molar-refractivity contribution in [2.45, 2.75) is 27.2 Å². The fourth-order valence-corrected chi connectivity index (χ4v) is 0.461. The van der Waals surface area contributed by atoms with Crippen LogP contribution in [0.25, 0.3) is 0 Å². The van der Waals surface area contributed by atoms with Crippen LogP contribution in [0.2, 0.25) is 0 Å². The van der Waals surface area contributed by atoms with Crippen molar-refractivity contribution >= 4 is 6.29 Å². The Kier molecular flexibility index (Phi) is 3.21. The Hall–Kier alpha value is -0.590. The highest BCUT2D eigenvalue weighted by Crippen LogP contribution is 2.18. The van der Waals surface area contributed by atoms with E-state index in [2.05, 4.69) is 20.8 Å². The maximum Gasteiger partial charge on any atom is 0.225 e. The van der Waals surface area contributed by atoms with Gasteiger partial charge >= 0.3 is 0 Å². The van der Waals surface area contributed by atoms with Crippen LogP contribution in [-0.4, -0.2) is 6.29 Å². The molecule has 1 heteroatoms. The van der Waals surface area contributed by atoms with Gasteiger partial charge in [0.25, 0.3) is 0 Å². The van der Waals surface area contributed by atoms with E-state index in [4.69, 9.17) is 0 Å². The summed E-state index contributed by atoms with van der Waals surface area (Å²) in [6, 6.07) is 0. The molecule has 0 fully saturated rings. The smallest absolute Gasteiger partial charge is 0.225 e. The average molecular weight is 125 g/mol. The maximum atomic E-state index is 9.68. The highest BCUT2D eigenvalue weighted by atomic mass is 16.1. The lowest BCUT2D eigenvalue weighted by Crippen LogP contribution is -2.01. The Balaban J connectivity index is 3.50. The van der Waals surface area contributed by atoms with Gasteiger partial charge in [0.15, 0.2) is 0 Å². The second kappa shape index (κ2) is 3.44. The molecular weight excluding hydrogens is 112 g/mol. The van der Waals surface area contributed by atoms with E-state index in [1.165, 1.54) is 6.08 Å². The number of hydrogen-bond donors (Lipinski definition) is 0. The minimum Gasteiger partial charge on any atom is -0.286 e. The Bertz CT molecular complexity index is 106. The number of hydrogen-bond acceptors (Lipinski definition) is 1. The molecule has 0 aliphatic rings. The molecule has 9 heavy (non-hydrogen) atoms. The molecule has 0 spiro atoms. The van der Waals surface area contributed by atoms with E-state index in [0.29, 0.717) is 0 Å². The van der Waals surface area contributed by atoms with Crippen molar-refractivity contribution in [3.05, 3.63) is 12.2 Å². The van der Waals surface area contributed by atoms with E-state index < -0.39 is 0 Å². The minimum atomic E-state index is 0.285. The average Bonchev–Trinajstić information content (AvgIpc) is 1.63. The summed E-state index contributed by atoms with van der Waals surface area (Å²) >= 11 is 0. The lowest BCUT2D eigenvalue weighted by Gasteiger charge is -2.13. The van der Waals surface area contributed by atoms with Crippen molar-refractivity contribution in [2.75, 3.05) is 0 Å². The van der Waals surface area contributed by atoms with Gasteiger partial charge in [0, 0.05) is 0 Å². The first-order valence-corrected chi connectivity index (χ1v) is 3.09. The highest BCUT2D eigenvalue weighted by molar-refractivity contribution is 5.65. The van der Waals surface area contributed by atoms with Crippen LogP contribution in [0, 0.1) is 5.41 Å². The van der Waals surface area contributed by atoms with Gasteiger partial charge in [-0.25, -0.2) is 0 Å². The van der Waals surface area contributed by atoms with Crippen molar-refractivity contribution in [2.24, 2.45) is 5.41 Å². The fraction of sp³-hybridized carbons (Fsp3) is 0.625. The maximum absolute atomic E-state index is 9.68. The number of rotatable bonds is 2. The molecule has 0 saturated carbocycles. The summed E-state index contributed by atoms with van der Waals surface area (Å²) in [4.78, 5) is 9.68. The van der Waals surface area contributed by atoms with Gasteiger partial charge in [-0.1, -0.05) is 26.8 Å². The van der Waals surface area contributed by atoms with Crippen LogP contribution in [0.3, 0.4) is 0 Å². The molecule has 0 aromatic carbocycles. The second-order valence-electron chi connectivity index (χ2n) is 3.29. The number of carbonyl (C=O) groups excluding carboxylic acids is 1. The molecule has 0 saturated heterocycles. The van der Waals surface area contributed by atoms with Gasteiger partial charge < -0.3 is 0 Å². The van der Waals surface area contributed by atoms with Gasteiger partial charge in [0.2, 0.25) is 6.29 Å². The molecule has 0 aliphatic heterocycles. The van der Waals surface area contributed by atoms with Crippen LogP contribution in [-0.2, 0) is 4.79 Å². The standard InChI is InChI=1S/C8H13O/c1-8(2,3)6-4-5-7-9/h4-5H,6H2,1-3H3. The van der Waals surface area contributed by atoms with E-state index in [-0.39, 0.29) is 5.41 Å². The summed E-state index contributed by atoms with van der Waals surface area (Å²) in [6.45, 7) is 6.38. The SMILES string of the molecule is CC(C)(C)CC=C[C]=O. The Morgan fingerprint density at radius 1 is 1.44 bits per heavy atom. The molecule has 0 bridgehead atoms. The third-order valence-corrected chi connectivity index (χ3v) is 0.916. The summed E-state index contributed by atoms with van der Waals surface area (Å²) < 4.78 is 0. The van der Waals surface area contributed by atoms with E-state index in [1.54, 1.807) is 6.29 Å². The highest BCUT2D eigenvalue weighted by Gasteiger charge is 2.05. The zero-order valence-electron chi connectivity index (χ0n) is 6.27. The molecule has 0 aromatic heterocycles. The molecule has 1 radical (unpaired) electrons. The molecule has 0 aromatic rings. The van der Waals surface area contributed by atoms with E-state index in [9.17, 15) is 4.79 Å². The quantitative estimate of drug-likeness (QED) is 0.516. The van der Waals surface area contributed by atoms with E-state index >= 15 is 0 Å². The summed E-state index contributed by atoms with van der Waals surface area (Å²) in [6.07, 6.45) is 5.90. The van der Waals surface area contributed by atoms with Crippen LogP contribution in [0.1, 0.15) is 27.2 Å². The van der Waals surface area contributed by atoms with Gasteiger partial charge in [-0.2, -0.15) is 0 Å². The Morgan fingerprint density at radius 2 is 2.00 bits per heavy atom. The topological polar surface area (TPSA) is 17.1 Å². The Labute approximate surface area is 56.8 Å². The predicted octanol–water partition coefficient (Wildman–Crippen LogP) is 2.09. The zero-order valence-corrected chi connectivity index (χ0v) is 6.27. The minimum absolute atomic E-state index is 0.285. The van der Waals surface area contributed by atoms with Crippen molar-refractivity contribution in [1.82, 2.24) is 0 Å². The Morgan fingerprint density at radius 3 is 2.33 bits per heavy atom. The first-order valence-electron chi connectivity index (χ1n) is 3.09. The van der Waals surface area contributed by atoms with Crippen molar-refractivity contribution in [3.8, 4) is 0 Å². The van der Waals surface area contributed by atoms with Crippen LogP contribution in [0.4, 0.5) is 0 Å². The third-order valence-electron chi connectivity index (χ3n) is 0.916. The summed E-state index contributed by atoms with van der Waals surface area (Å²) in [5.41, 5.74) is 0.285. The van der Waals surface area contributed by atoms with Crippen LogP contribution in [0.15, 0.2) is 12.2 Å². The van der Waals surface area contributed by atoms with Crippen molar-refractivity contribution in [3.63, 3.8) is 0 Å². The first-order chi connectivity index (χ1) is 4.06. The molecule has 0 N–H and O–H groups in total. The van der Waals surface area contributed by atoms with Gasteiger partial charge in [-0.05, 0) is 17.9 Å². The summed E-state index contributed by atoms with van der Waals surface area (Å²) in [5, 5.41) is 0.